The highest BCUT2D eigenvalue weighted by molar-refractivity contribution is 5.98. The van der Waals surface area contributed by atoms with E-state index in [1.807, 2.05) is 19.1 Å². The zero-order valence-corrected chi connectivity index (χ0v) is 14.0. The maximum absolute atomic E-state index is 12.5. The Balaban J connectivity index is 2.43. The Bertz CT molecular complexity index is 607. The summed E-state index contributed by atoms with van der Waals surface area (Å²) in [4.78, 5) is 26.4. The van der Waals surface area contributed by atoms with Crippen LogP contribution in [0, 0.1) is 0 Å². The number of hydrogen-bond donors (Lipinski definition) is 1. The number of ether oxygens (including phenoxy) is 2. The number of benzene rings is 1. The standard InChI is InChI=1S/C17H23NO5/c1-5-17(14(20)22-11-19)10-18(15(21)23-16(2,3)4)13-9-7-6-8-12(13)17/h6-9,19H,5,10-11H2,1-4H3. The molecule has 0 fully saturated rings. The molecule has 1 aliphatic rings. The number of rotatable bonds is 3. The minimum atomic E-state index is -0.990. The van der Waals surface area contributed by atoms with E-state index in [1.54, 1.807) is 32.9 Å². The molecule has 1 unspecified atom stereocenters. The lowest BCUT2D eigenvalue weighted by Crippen LogP contribution is -2.44. The van der Waals surface area contributed by atoms with Gasteiger partial charge in [0.15, 0.2) is 6.79 Å². The molecule has 0 aliphatic carbocycles. The molecule has 1 amide bonds. The predicted molar refractivity (Wildman–Crippen MR) is 85.2 cm³/mol. The second kappa shape index (κ2) is 6.20. The number of carbonyl (C=O) groups is 2. The van der Waals surface area contributed by atoms with Gasteiger partial charge in [0.25, 0.3) is 0 Å². The average molecular weight is 321 g/mol. The molecule has 2 rings (SSSR count). The van der Waals surface area contributed by atoms with Crippen molar-refractivity contribution >= 4 is 17.7 Å². The number of anilines is 1. The van der Waals surface area contributed by atoms with Crippen LogP contribution in [0.4, 0.5) is 10.5 Å². The SMILES string of the molecule is CCC1(C(=O)OCO)CN(C(=O)OC(C)(C)C)c2ccccc21. The molecular weight excluding hydrogens is 298 g/mol. The zero-order chi connectivity index (χ0) is 17.3. The highest BCUT2D eigenvalue weighted by Crippen LogP contribution is 2.44. The van der Waals surface area contributed by atoms with Gasteiger partial charge in [-0.05, 0) is 38.8 Å². The fourth-order valence-corrected chi connectivity index (χ4v) is 2.85. The van der Waals surface area contributed by atoms with Crippen LogP contribution < -0.4 is 4.90 Å². The quantitative estimate of drug-likeness (QED) is 0.684. The number of amides is 1. The second-order valence-electron chi connectivity index (χ2n) is 6.58. The predicted octanol–water partition coefficient (Wildman–Crippen LogP) is 2.58. The van der Waals surface area contributed by atoms with Gasteiger partial charge < -0.3 is 14.6 Å². The molecule has 23 heavy (non-hydrogen) atoms. The lowest BCUT2D eigenvalue weighted by Gasteiger charge is -2.28. The number of esters is 1. The first-order valence-electron chi connectivity index (χ1n) is 7.63. The summed E-state index contributed by atoms with van der Waals surface area (Å²) < 4.78 is 10.3. The van der Waals surface area contributed by atoms with Crippen LogP contribution in [-0.2, 0) is 19.7 Å². The van der Waals surface area contributed by atoms with Gasteiger partial charge in [0.05, 0.1) is 5.69 Å². The Labute approximate surface area is 136 Å². The van der Waals surface area contributed by atoms with Crippen LogP contribution in [-0.4, -0.2) is 36.1 Å². The molecule has 1 N–H and O–H groups in total. The van der Waals surface area contributed by atoms with Crippen LogP contribution in [0.15, 0.2) is 24.3 Å². The van der Waals surface area contributed by atoms with E-state index in [1.165, 1.54) is 4.90 Å². The highest BCUT2D eigenvalue weighted by atomic mass is 16.6. The molecule has 0 aromatic heterocycles. The van der Waals surface area contributed by atoms with Crippen molar-refractivity contribution < 1.29 is 24.2 Å². The smallest absolute Gasteiger partial charge is 0.414 e. The van der Waals surface area contributed by atoms with E-state index in [2.05, 4.69) is 0 Å². The van der Waals surface area contributed by atoms with E-state index in [0.29, 0.717) is 17.7 Å². The zero-order valence-electron chi connectivity index (χ0n) is 14.0. The lowest BCUT2D eigenvalue weighted by atomic mass is 9.80. The van der Waals surface area contributed by atoms with E-state index >= 15 is 0 Å². The van der Waals surface area contributed by atoms with E-state index in [-0.39, 0.29) is 6.54 Å². The molecule has 1 aliphatic heterocycles. The minimum absolute atomic E-state index is 0.136. The molecular formula is C17H23NO5. The summed E-state index contributed by atoms with van der Waals surface area (Å²) >= 11 is 0. The first-order chi connectivity index (χ1) is 10.7. The Morgan fingerprint density at radius 2 is 1.96 bits per heavy atom. The van der Waals surface area contributed by atoms with Gasteiger partial charge >= 0.3 is 12.1 Å². The topological polar surface area (TPSA) is 76.1 Å². The third-order valence-corrected chi connectivity index (χ3v) is 3.94. The number of fused-ring (bicyclic) bond motifs is 1. The number of aliphatic hydroxyl groups excluding tert-OH is 1. The molecule has 6 nitrogen and oxygen atoms in total. The van der Waals surface area contributed by atoms with Crippen LogP contribution in [0.3, 0.4) is 0 Å². The number of carbonyl (C=O) groups excluding carboxylic acids is 2. The summed E-state index contributed by atoms with van der Waals surface area (Å²) in [6, 6.07) is 7.21. The van der Waals surface area contributed by atoms with E-state index in [4.69, 9.17) is 14.6 Å². The fourth-order valence-electron chi connectivity index (χ4n) is 2.85. The fraction of sp³-hybridized carbons (Fsp3) is 0.529. The first-order valence-corrected chi connectivity index (χ1v) is 7.63. The molecule has 0 radical (unpaired) electrons. The van der Waals surface area contributed by atoms with Crippen LogP contribution in [0.2, 0.25) is 0 Å². The molecule has 0 saturated heterocycles. The van der Waals surface area contributed by atoms with E-state index in [9.17, 15) is 9.59 Å². The van der Waals surface area contributed by atoms with Crippen molar-refractivity contribution in [3.05, 3.63) is 29.8 Å². The molecule has 0 saturated carbocycles. The van der Waals surface area contributed by atoms with Gasteiger partial charge in [-0.3, -0.25) is 9.69 Å². The molecule has 0 bridgehead atoms. The molecule has 126 valence electrons. The van der Waals surface area contributed by atoms with Gasteiger partial charge in [-0.2, -0.15) is 0 Å². The Morgan fingerprint density at radius 1 is 1.30 bits per heavy atom. The van der Waals surface area contributed by atoms with E-state index in [0.717, 1.165) is 0 Å². The summed E-state index contributed by atoms with van der Waals surface area (Å²) in [5, 5.41) is 8.93. The Kier molecular flexibility index (Phi) is 4.66. The van der Waals surface area contributed by atoms with Crippen molar-refractivity contribution in [1.82, 2.24) is 0 Å². The molecule has 1 aromatic rings. The normalized spacial score (nSPS) is 20.1. The number of hydrogen-bond acceptors (Lipinski definition) is 5. The first kappa shape index (κ1) is 17.3. The van der Waals surface area contributed by atoms with Crippen molar-refractivity contribution in [2.24, 2.45) is 0 Å². The summed E-state index contributed by atoms with van der Waals surface area (Å²) in [5.74, 6) is -0.541. The van der Waals surface area contributed by atoms with Crippen LogP contribution in [0.1, 0.15) is 39.7 Å². The maximum atomic E-state index is 12.5. The van der Waals surface area contributed by atoms with E-state index < -0.39 is 29.9 Å². The van der Waals surface area contributed by atoms with Crippen LogP contribution in [0.25, 0.3) is 0 Å². The number of para-hydroxylation sites is 1. The van der Waals surface area contributed by atoms with Crippen molar-refractivity contribution in [2.75, 3.05) is 18.2 Å². The summed E-state index contributed by atoms with van der Waals surface area (Å²) in [7, 11) is 0. The van der Waals surface area contributed by atoms with Gasteiger partial charge in [0.1, 0.15) is 11.0 Å². The van der Waals surface area contributed by atoms with Gasteiger partial charge in [-0.1, -0.05) is 25.1 Å². The van der Waals surface area contributed by atoms with Gasteiger partial charge in [-0.15, -0.1) is 0 Å². The van der Waals surface area contributed by atoms with Crippen molar-refractivity contribution in [3.63, 3.8) is 0 Å². The molecule has 1 heterocycles. The van der Waals surface area contributed by atoms with Gasteiger partial charge in [0, 0.05) is 6.54 Å². The number of nitrogens with zero attached hydrogens (tertiary/aromatic N) is 1. The molecule has 6 heteroatoms. The molecule has 0 spiro atoms. The Morgan fingerprint density at radius 3 is 2.52 bits per heavy atom. The lowest BCUT2D eigenvalue weighted by molar-refractivity contribution is -0.158. The van der Waals surface area contributed by atoms with Crippen LogP contribution in [0.5, 0.6) is 0 Å². The van der Waals surface area contributed by atoms with Gasteiger partial charge in [0.2, 0.25) is 0 Å². The third kappa shape index (κ3) is 3.17. The average Bonchev–Trinajstić information content (AvgIpc) is 2.82. The number of aliphatic hydroxyl groups is 1. The van der Waals surface area contributed by atoms with Gasteiger partial charge in [-0.25, -0.2) is 4.79 Å². The minimum Gasteiger partial charge on any atom is -0.443 e. The monoisotopic (exact) mass is 321 g/mol. The van der Waals surface area contributed by atoms with Crippen molar-refractivity contribution in [3.8, 4) is 0 Å². The summed E-state index contributed by atoms with van der Waals surface area (Å²) in [5.41, 5.74) is -0.268. The van der Waals surface area contributed by atoms with Crippen molar-refractivity contribution in [1.29, 1.82) is 0 Å². The summed E-state index contributed by atoms with van der Waals surface area (Å²) in [6.07, 6.45) is -0.0561. The highest BCUT2D eigenvalue weighted by Gasteiger charge is 2.50. The van der Waals surface area contributed by atoms with Crippen LogP contribution >= 0.6 is 0 Å². The largest absolute Gasteiger partial charge is 0.443 e. The maximum Gasteiger partial charge on any atom is 0.414 e. The second-order valence-corrected chi connectivity index (χ2v) is 6.58. The Hall–Kier alpha value is -2.08. The molecule has 1 aromatic carbocycles. The van der Waals surface area contributed by atoms with Crippen molar-refractivity contribution in [2.45, 2.75) is 45.1 Å². The third-order valence-electron chi connectivity index (χ3n) is 3.94. The molecule has 1 atom stereocenters. The summed E-state index contributed by atoms with van der Waals surface area (Å²) in [6.45, 7) is 6.68.